The Bertz CT molecular complexity index is 736. The Hall–Kier alpha value is -2.42. The van der Waals surface area contributed by atoms with Gasteiger partial charge in [-0.15, -0.1) is 0 Å². The van der Waals surface area contributed by atoms with Gasteiger partial charge in [0, 0.05) is 32.6 Å². The molecule has 0 spiro atoms. The normalized spacial score (nSPS) is 14.8. The highest BCUT2D eigenvalue weighted by Crippen LogP contribution is 2.19. The van der Waals surface area contributed by atoms with E-state index in [1.807, 2.05) is 4.72 Å². The van der Waals surface area contributed by atoms with Gasteiger partial charge in [-0.25, -0.2) is 13.1 Å². The Morgan fingerprint density at radius 2 is 1.65 bits per heavy atom. The van der Waals surface area contributed by atoms with Crippen molar-refractivity contribution in [1.29, 1.82) is 0 Å². The number of rotatable bonds is 4. The smallest absolute Gasteiger partial charge is 0.264 e. The van der Waals surface area contributed by atoms with Gasteiger partial charge < -0.3 is 10.2 Å². The predicted octanol–water partition coefficient (Wildman–Crippen LogP) is -0.0718. The molecule has 23 heavy (non-hydrogen) atoms. The molecule has 0 unspecified atom stereocenters. The minimum absolute atomic E-state index is 0.0680. The van der Waals surface area contributed by atoms with Crippen molar-refractivity contribution in [2.45, 2.75) is 18.7 Å². The fourth-order valence-corrected chi connectivity index (χ4v) is 3.10. The zero-order valence-electron chi connectivity index (χ0n) is 12.7. The summed E-state index contributed by atoms with van der Waals surface area (Å²) < 4.78 is 25.4. The number of hydrogen-bond donors (Lipinski definition) is 2. The second-order valence-corrected chi connectivity index (χ2v) is 6.98. The molecule has 0 aromatic heterocycles. The maximum atomic E-state index is 12.0. The lowest BCUT2D eigenvalue weighted by Crippen LogP contribution is -2.53. The largest absolute Gasteiger partial charge is 0.341 e. The summed E-state index contributed by atoms with van der Waals surface area (Å²) in [5, 5.41) is 2.66. The molecule has 1 aliphatic heterocycles. The van der Waals surface area contributed by atoms with E-state index in [1.54, 1.807) is 4.90 Å². The highest BCUT2D eigenvalue weighted by Gasteiger charge is 2.34. The van der Waals surface area contributed by atoms with Crippen molar-refractivity contribution in [2.75, 3.05) is 18.4 Å². The molecule has 0 aliphatic carbocycles. The molecule has 1 aromatic rings. The van der Waals surface area contributed by atoms with Crippen LogP contribution in [0.1, 0.15) is 13.8 Å². The standard InChI is InChI=1S/C14H17N3O5S/c1-9(18)16-23(21,22)13-5-3-12(4-6-13)15-14(20)11-7-17(8-11)10(2)19/h3-6,11H,7-8H2,1-2H3,(H,15,20)(H,16,18). The van der Waals surface area contributed by atoms with Crippen LogP contribution in [0.2, 0.25) is 0 Å². The van der Waals surface area contributed by atoms with Crippen LogP contribution in [0.25, 0.3) is 0 Å². The summed E-state index contributed by atoms with van der Waals surface area (Å²) in [7, 11) is -3.89. The number of sulfonamides is 1. The number of likely N-dealkylation sites (tertiary alicyclic amines) is 1. The maximum absolute atomic E-state index is 12.0. The Labute approximate surface area is 133 Å². The van der Waals surface area contributed by atoms with Crippen LogP contribution in [0.5, 0.6) is 0 Å². The lowest BCUT2D eigenvalue weighted by Gasteiger charge is -2.37. The molecule has 1 aromatic carbocycles. The van der Waals surface area contributed by atoms with Gasteiger partial charge in [0.15, 0.2) is 0 Å². The highest BCUT2D eigenvalue weighted by molar-refractivity contribution is 7.90. The molecule has 0 radical (unpaired) electrons. The second kappa shape index (κ2) is 6.37. The third-order valence-corrected chi connectivity index (χ3v) is 4.86. The van der Waals surface area contributed by atoms with Crippen molar-refractivity contribution < 1.29 is 22.8 Å². The molecule has 1 heterocycles. The molecular formula is C14H17N3O5S. The minimum atomic E-state index is -3.89. The van der Waals surface area contributed by atoms with Crippen molar-refractivity contribution >= 4 is 33.4 Å². The molecule has 0 saturated carbocycles. The Balaban J connectivity index is 1.97. The van der Waals surface area contributed by atoms with Gasteiger partial charge in [-0.05, 0) is 24.3 Å². The van der Waals surface area contributed by atoms with Crippen LogP contribution >= 0.6 is 0 Å². The van der Waals surface area contributed by atoms with Crippen LogP contribution in [0.3, 0.4) is 0 Å². The highest BCUT2D eigenvalue weighted by atomic mass is 32.2. The average Bonchev–Trinajstić information content (AvgIpc) is 2.35. The van der Waals surface area contributed by atoms with Gasteiger partial charge in [0.25, 0.3) is 10.0 Å². The predicted molar refractivity (Wildman–Crippen MR) is 81.8 cm³/mol. The van der Waals surface area contributed by atoms with E-state index in [0.29, 0.717) is 18.8 Å². The third-order valence-electron chi connectivity index (χ3n) is 3.41. The van der Waals surface area contributed by atoms with Gasteiger partial charge in [0.1, 0.15) is 0 Å². The first kappa shape index (κ1) is 16.9. The number of carbonyl (C=O) groups excluding carboxylic acids is 3. The van der Waals surface area contributed by atoms with Crippen LogP contribution < -0.4 is 10.0 Å². The molecule has 1 fully saturated rings. The molecule has 2 N–H and O–H groups in total. The van der Waals surface area contributed by atoms with E-state index in [4.69, 9.17) is 0 Å². The number of nitrogens with one attached hydrogen (secondary N) is 2. The third kappa shape index (κ3) is 4.07. The molecular weight excluding hydrogens is 322 g/mol. The molecule has 0 bridgehead atoms. The van der Waals surface area contributed by atoms with E-state index in [1.165, 1.54) is 31.2 Å². The van der Waals surface area contributed by atoms with E-state index in [9.17, 15) is 22.8 Å². The first-order valence-corrected chi connectivity index (χ1v) is 8.37. The average molecular weight is 339 g/mol. The number of amides is 3. The maximum Gasteiger partial charge on any atom is 0.264 e. The minimum Gasteiger partial charge on any atom is -0.341 e. The van der Waals surface area contributed by atoms with Gasteiger partial charge >= 0.3 is 0 Å². The molecule has 0 atom stereocenters. The Morgan fingerprint density at radius 1 is 1.09 bits per heavy atom. The van der Waals surface area contributed by atoms with E-state index in [0.717, 1.165) is 6.92 Å². The summed E-state index contributed by atoms with van der Waals surface area (Å²) in [6.45, 7) is 3.32. The topological polar surface area (TPSA) is 113 Å². The molecule has 3 amide bonds. The Kier molecular flexibility index (Phi) is 4.69. The summed E-state index contributed by atoms with van der Waals surface area (Å²) in [5.74, 6) is -1.23. The summed E-state index contributed by atoms with van der Waals surface area (Å²) >= 11 is 0. The lowest BCUT2D eigenvalue weighted by molar-refractivity contribution is -0.139. The van der Waals surface area contributed by atoms with Crippen molar-refractivity contribution in [1.82, 2.24) is 9.62 Å². The molecule has 8 nitrogen and oxygen atoms in total. The zero-order valence-corrected chi connectivity index (χ0v) is 13.5. The van der Waals surface area contributed by atoms with Gasteiger partial charge in [-0.1, -0.05) is 0 Å². The summed E-state index contributed by atoms with van der Waals surface area (Å²) in [4.78, 5) is 35.4. The quantitative estimate of drug-likeness (QED) is 0.797. The fourth-order valence-electron chi connectivity index (χ4n) is 2.11. The number of carbonyl (C=O) groups is 3. The van der Waals surface area contributed by atoms with Crippen LogP contribution in [0.4, 0.5) is 5.69 Å². The van der Waals surface area contributed by atoms with Crippen molar-refractivity contribution in [3.8, 4) is 0 Å². The van der Waals surface area contributed by atoms with E-state index >= 15 is 0 Å². The van der Waals surface area contributed by atoms with Crippen LogP contribution in [-0.4, -0.2) is 44.1 Å². The lowest BCUT2D eigenvalue weighted by atomic mass is 9.99. The second-order valence-electron chi connectivity index (χ2n) is 5.30. The zero-order chi connectivity index (χ0) is 17.2. The first-order chi connectivity index (χ1) is 10.7. The number of benzene rings is 1. The number of nitrogens with zero attached hydrogens (tertiary/aromatic N) is 1. The summed E-state index contributed by atoms with van der Waals surface area (Å²) in [6, 6.07) is 5.47. The molecule has 9 heteroatoms. The van der Waals surface area contributed by atoms with Crippen molar-refractivity contribution in [2.24, 2.45) is 5.92 Å². The van der Waals surface area contributed by atoms with Gasteiger partial charge in [-0.2, -0.15) is 0 Å². The van der Waals surface area contributed by atoms with Gasteiger partial charge in [-0.3, -0.25) is 14.4 Å². The van der Waals surface area contributed by atoms with Gasteiger partial charge in [0.2, 0.25) is 17.7 Å². The van der Waals surface area contributed by atoms with Crippen LogP contribution in [0.15, 0.2) is 29.2 Å². The van der Waals surface area contributed by atoms with E-state index in [2.05, 4.69) is 5.32 Å². The van der Waals surface area contributed by atoms with Crippen molar-refractivity contribution in [3.63, 3.8) is 0 Å². The fraction of sp³-hybridized carbons (Fsp3) is 0.357. The first-order valence-electron chi connectivity index (χ1n) is 6.89. The van der Waals surface area contributed by atoms with Gasteiger partial charge in [0.05, 0.1) is 10.8 Å². The summed E-state index contributed by atoms with van der Waals surface area (Å²) in [5.41, 5.74) is 0.443. The Morgan fingerprint density at radius 3 is 2.13 bits per heavy atom. The van der Waals surface area contributed by atoms with Crippen molar-refractivity contribution in [3.05, 3.63) is 24.3 Å². The van der Waals surface area contributed by atoms with Crippen LogP contribution in [0, 0.1) is 5.92 Å². The van der Waals surface area contributed by atoms with Crippen LogP contribution in [-0.2, 0) is 24.4 Å². The number of hydrogen-bond acceptors (Lipinski definition) is 5. The van der Waals surface area contributed by atoms with E-state index in [-0.39, 0.29) is 22.6 Å². The van der Waals surface area contributed by atoms with E-state index < -0.39 is 15.9 Å². The molecule has 1 aliphatic rings. The molecule has 2 rings (SSSR count). The molecule has 1 saturated heterocycles. The number of anilines is 1. The summed E-state index contributed by atoms with van der Waals surface area (Å²) in [6.07, 6.45) is 0. The monoisotopic (exact) mass is 339 g/mol. The molecule has 124 valence electrons. The SMILES string of the molecule is CC(=O)NS(=O)(=O)c1ccc(NC(=O)C2CN(C(C)=O)C2)cc1.